The van der Waals surface area contributed by atoms with E-state index in [2.05, 4.69) is 19.2 Å². The number of unbranched alkanes of at least 4 members (excludes halogenated alkanes) is 6. The van der Waals surface area contributed by atoms with Crippen molar-refractivity contribution in [2.24, 2.45) is 5.73 Å². The lowest BCUT2D eigenvalue weighted by Crippen LogP contribution is -2.33. The Kier molecular flexibility index (Phi) is 13.9. The molecule has 0 bridgehead atoms. The highest BCUT2D eigenvalue weighted by molar-refractivity contribution is 4.67. The predicted octanol–water partition coefficient (Wildman–Crippen LogP) is 3.84. The molecule has 0 aromatic carbocycles. The zero-order chi connectivity index (χ0) is 12.8. The first-order valence-corrected chi connectivity index (χ1v) is 7.78. The van der Waals surface area contributed by atoms with Crippen molar-refractivity contribution in [2.75, 3.05) is 13.1 Å². The molecule has 0 aromatic rings. The van der Waals surface area contributed by atoms with Gasteiger partial charge >= 0.3 is 0 Å². The molecule has 0 fully saturated rings. The molecule has 2 heteroatoms. The average molecular weight is 242 g/mol. The Morgan fingerprint density at radius 2 is 1.35 bits per heavy atom. The van der Waals surface area contributed by atoms with Crippen LogP contribution in [0.5, 0.6) is 0 Å². The van der Waals surface area contributed by atoms with E-state index in [0.717, 1.165) is 13.1 Å². The maximum atomic E-state index is 5.57. The molecule has 0 aliphatic heterocycles. The molecule has 0 heterocycles. The van der Waals surface area contributed by atoms with Gasteiger partial charge < -0.3 is 11.1 Å². The lowest BCUT2D eigenvalue weighted by Gasteiger charge is -2.18. The first kappa shape index (κ1) is 16.9. The maximum Gasteiger partial charge on any atom is 0.00770 e. The fourth-order valence-corrected chi connectivity index (χ4v) is 2.27. The molecule has 0 rings (SSSR count). The second-order valence-corrected chi connectivity index (χ2v) is 5.14. The maximum absolute atomic E-state index is 5.57. The highest BCUT2D eigenvalue weighted by Gasteiger charge is 2.06. The molecule has 0 aliphatic rings. The van der Waals surface area contributed by atoms with Crippen LogP contribution in [0, 0.1) is 0 Å². The van der Waals surface area contributed by atoms with Gasteiger partial charge in [0.2, 0.25) is 0 Å². The second-order valence-electron chi connectivity index (χ2n) is 5.14. The lowest BCUT2D eigenvalue weighted by atomic mass is 10.0. The van der Waals surface area contributed by atoms with Crippen LogP contribution in [-0.4, -0.2) is 19.1 Å². The van der Waals surface area contributed by atoms with Crippen LogP contribution in [0.4, 0.5) is 0 Å². The van der Waals surface area contributed by atoms with Crippen molar-refractivity contribution in [3.8, 4) is 0 Å². The quantitative estimate of drug-likeness (QED) is 0.482. The highest BCUT2D eigenvalue weighted by atomic mass is 14.9. The van der Waals surface area contributed by atoms with E-state index in [0.29, 0.717) is 6.04 Å². The normalized spacial score (nSPS) is 11.3. The minimum absolute atomic E-state index is 0.715. The molecule has 3 N–H and O–H groups in total. The largest absolute Gasteiger partial charge is 0.329 e. The summed E-state index contributed by atoms with van der Waals surface area (Å²) < 4.78 is 0. The SMILES string of the molecule is CCCCCCC(CCCCCC)NCCN. The number of hydrogen-bond donors (Lipinski definition) is 2. The Labute approximate surface area is 109 Å². The van der Waals surface area contributed by atoms with Crippen LogP contribution in [0.1, 0.15) is 78.1 Å². The van der Waals surface area contributed by atoms with Crippen LogP contribution >= 0.6 is 0 Å². The summed E-state index contributed by atoms with van der Waals surface area (Å²) in [4.78, 5) is 0. The van der Waals surface area contributed by atoms with Crippen molar-refractivity contribution in [1.29, 1.82) is 0 Å². The first-order valence-electron chi connectivity index (χ1n) is 7.78. The van der Waals surface area contributed by atoms with Gasteiger partial charge in [0.15, 0.2) is 0 Å². The predicted molar refractivity (Wildman–Crippen MR) is 78.4 cm³/mol. The molecule has 0 saturated carbocycles. The Balaban J connectivity index is 3.56. The van der Waals surface area contributed by atoms with E-state index >= 15 is 0 Å². The Bertz CT molecular complexity index is 125. The van der Waals surface area contributed by atoms with Crippen LogP contribution in [0.15, 0.2) is 0 Å². The molecule has 0 spiro atoms. The van der Waals surface area contributed by atoms with Crippen LogP contribution in [0.25, 0.3) is 0 Å². The monoisotopic (exact) mass is 242 g/mol. The van der Waals surface area contributed by atoms with Crippen molar-refractivity contribution >= 4 is 0 Å². The van der Waals surface area contributed by atoms with E-state index in [4.69, 9.17) is 5.73 Å². The summed E-state index contributed by atoms with van der Waals surface area (Å²) in [6.45, 7) is 6.29. The minimum atomic E-state index is 0.715. The van der Waals surface area contributed by atoms with Crippen molar-refractivity contribution < 1.29 is 0 Å². The van der Waals surface area contributed by atoms with E-state index in [1.165, 1.54) is 64.2 Å². The summed E-state index contributed by atoms with van der Waals surface area (Å²) in [5.74, 6) is 0. The fraction of sp³-hybridized carbons (Fsp3) is 1.00. The van der Waals surface area contributed by atoms with Gasteiger partial charge in [-0.15, -0.1) is 0 Å². The summed E-state index contributed by atoms with van der Waals surface area (Å²) in [7, 11) is 0. The fourth-order valence-electron chi connectivity index (χ4n) is 2.27. The van der Waals surface area contributed by atoms with E-state index < -0.39 is 0 Å². The topological polar surface area (TPSA) is 38.0 Å². The number of nitrogens with two attached hydrogens (primary N) is 1. The van der Waals surface area contributed by atoms with Gasteiger partial charge in [-0.25, -0.2) is 0 Å². The van der Waals surface area contributed by atoms with Crippen LogP contribution in [0.2, 0.25) is 0 Å². The van der Waals surface area contributed by atoms with Gasteiger partial charge in [0.05, 0.1) is 0 Å². The molecule has 0 radical (unpaired) electrons. The van der Waals surface area contributed by atoms with E-state index in [9.17, 15) is 0 Å². The summed E-state index contributed by atoms with van der Waals surface area (Å²) in [5.41, 5.74) is 5.57. The van der Waals surface area contributed by atoms with Gasteiger partial charge in [0, 0.05) is 19.1 Å². The molecule has 2 nitrogen and oxygen atoms in total. The van der Waals surface area contributed by atoms with Crippen LogP contribution in [0.3, 0.4) is 0 Å². The molecule has 104 valence electrons. The van der Waals surface area contributed by atoms with Gasteiger partial charge in [-0.1, -0.05) is 65.2 Å². The lowest BCUT2D eigenvalue weighted by molar-refractivity contribution is 0.419. The summed E-state index contributed by atoms with van der Waals surface area (Å²) >= 11 is 0. The van der Waals surface area contributed by atoms with E-state index in [-0.39, 0.29) is 0 Å². The third kappa shape index (κ3) is 12.2. The van der Waals surface area contributed by atoms with E-state index in [1.807, 2.05) is 0 Å². The van der Waals surface area contributed by atoms with Gasteiger partial charge in [-0.2, -0.15) is 0 Å². The molecule has 0 amide bonds. The molecular weight excluding hydrogens is 208 g/mol. The molecular formula is C15H34N2. The van der Waals surface area contributed by atoms with Crippen molar-refractivity contribution in [3.63, 3.8) is 0 Å². The molecule has 0 aliphatic carbocycles. The molecule has 0 saturated heterocycles. The molecule has 0 aromatic heterocycles. The Hall–Kier alpha value is -0.0800. The zero-order valence-electron chi connectivity index (χ0n) is 12.1. The van der Waals surface area contributed by atoms with E-state index in [1.54, 1.807) is 0 Å². The molecule has 17 heavy (non-hydrogen) atoms. The Morgan fingerprint density at radius 3 is 1.76 bits per heavy atom. The minimum Gasteiger partial charge on any atom is -0.329 e. The molecule has 0 atom stereocenters. The second kappa shape index (κ2) is 14.0. The van der Waals surface area contributed by atoms with Crippen molar-refractivity contribution in [1.82, 2.24) is 5.32 Å². The summed E-state index contributed by atoms with van der Waals surface area (Å²) in [6.07, 6.45) is 13.7. The van der Waals surface area contributed by atoms with Crippen LogP contribution < -0.4 is 11.1 Å². The number of rotatable bonds is 13. The first-order chi connectivity index (χ1) is 8.35. The standard InChI is InChI=1S/C15H34N2/c1-3-5-7-9-11-15(17-14-13-16)12-10-8-6-4-2/h15,17H,3-14,16H2,1-2H3. The van der Waals surface area contributed by atoms with Crippen molar-refractivity contribution in [3.05, 3.63) is 0 Å². The third-order valence-electron chi connectivity index (χ3n) is 3.39. The highest BCUT2D eigenvalue weighted by Crippen LogP contribution is 2.12. The molecule has 0 unspecified atom stereocenters. The van der Waals surface area contributed by atoms with Gasteiger partial charge in [0.1, 0.15) is 0 Å². The van der Waals surface area contributed by atoms with Crippen molar-refractivity contribution in [2.45, 2.75) is 84.1 Å². The number of nitrogens with one attached hydrogen (secondary N) is 1. The summed E-state index contributed by atoms with van der Waals surface area (Å²) in [5, 5.41) is 3.60. The van der Waals surface area contributed by atoms with Gasteiger partial charge in [-0.05, 0) is 12.8 Å². The zero-order valence-corrected chi connectivity index (χ0v) is 12.1. The Morgan fingerprint density at radius 1 is 0.824 bits per heavy atom. The smallest absolute Gasteiger partial charge is 0.00770 e. The van der Waals surface area contributed by atoms with Gasteiger partial charge in [-0.3, -0.25) is 0 Å². The third-order valence-corrected chi connectivity index (χ3v) is 3.39. The van der Waals surface area contributed by atoms with Gasteiger partial charge in [0.25, 0.3) is 0 Å². The number of hydrogen-bond acceptors (Lipinski definition) is 2. The average Bonchev–Trinajstić information content (AvgIpc) is 2.35. The van der Waals surface area contributed by atoms with Crippen LogP contribution in [-0.2, 0) is 0 Å². The summed E-state index contributed by atoms with van der Waals surface area (Å²) in [6, 6.07) is 0.715.